The number of Topliss-reactive ketones (excluding diaryl/α,β-unsaturated/α-hetero) is 1. The standard InChI is InChI=1S/C16H20N4O2/c1-9(7-13-8-17-5-6-18-13)19-16(22)14-10(2)15(12(4)21)20-11(14)3/h5-6,8-9,20H,7H2,1-4H3,(H,19,22). The van der Waals surface area contributed by atoms with Gasteiger partial charge in [-0.15, -0.1) is 0 Å². The molecule has 2 aromatic rings. The number of rotatable bonds is 5. The fourth-order valence-corrected chi connectivity index (χ4v) is 2.54. The molecule has 0 spiro atoms. The summed E-state index contributed by atoms with van der Waals surface area (Å²) in [5.41, 5.74) is 3.24. The molecule has 0 aromatic carbocycles. The van der Waals surface area contributed by atoms with Gasteiger partial charge < -0.3 is 10.3 Å². The van der Waals surface area contributed by atoms with Gasteiger partial charge in [-0.25, -0.2) is 0 Å². The van der Waals surface area contributed by atoms with Crippen LogP contribution in [0, 0.1) is 13.8 Å². The van der Waals surface area contributed by atoms with E-state index >= 15 is 0 Å². The topological polar surface area (TPSA) is 87.7 Å². The average molecular weight is 300 g/mol. The SMILES string of the molecule is CC(=O)c1[nH]c(C)c(C(=O)NC(C)Cc2cnccn2)c1C. The van der Waals surface area contributed by atoms with Gasteiger partial charge in [0.25, 0.3) is 5.91 Å². The van der Waals surface area contributed by atoms with Crippen molar-refractivity contribution in [1.82, 2.24) is 20.3 Å². The third kappa shape index (κ3) is 3.39. The second-order valence-electron chi connectivity index (χ2n) is 5.46. The van der Waals surface area contributed by atoms with E-state index in [9.17, 15) is 9.59 Å². The lowest BCUT2D eigenvalue weighted by atomic mass is 10.1. The van der Waals surface area contributed by atoms with Gasteiger partial charge in [0, 0.05) is 43.7 Å². The molecule has 116 valence electrons. The summed E-state index contributed by atoms with van der Waals surface area (Å²) in [4.78, 5) is 35.2. The van der Waals surface area contributed by atoms with Crippen LogP contribution >= 0.6 is 0 Å². The van der Waals surface area contributed by atoms with Crippen LogP contribution in [0.5, 0.6) is 0 Å². The average Bonchev–Trinajstić information content (AvgIpc) is 2.75. The number of aryl methyl sites for hydroxylation is 1. The summed E-state index contributed by atoms with van der Waals surface area (Å²) >= 11 is 0. The molecule has 0 aliphatic rings. The molecule has 0 radical (unpaired) electrons. The third-order valence-electron chi connectivity index (χ3n) is 3.53. The molecule has 0 fully saturated rings. The minimum absolute atomic E-state index is 0.0766. The highest BCUT2D eigenvalue weighted by Crippen LogP contribution is 2.18. The summed E-state index contributed by atoms with van der Waals surface area (Å²) in [6, 6.07) is -0.0846. The van der Waals surface area contributed by atoms with E-state index in [1.54, 1.807) is 32.4 Å². The summed E-state index contributed by atoms with van der Waals surface area (Å²) < 4.78 is 0. The van der Waals surface area contributed by atoms with Crippen LogP contribution in [0.4, 0.5) is 0 Å². The van der Waals surface area contributed by atoms with E-state index in [0.717, 1.165) is 5.69 Å². The van der Waals surface area contributed by atoms with Crippen molar-refractivity contribution in [2.24, 2.45) is 0 Å². The highest BCUT2D eigenvalue weighted by molar-refractivity contribution is 6.02. The van der Waals surface area contributed by atoms with E-state index in [-0.39, 0.29) is 17.7 Å². The third-order valence-corrected chi connectivity index (χ3v) is 3.53. The smallest absolute Gasteiger partial charge is 0.253 e. The Balaban J connectivity index is 2.11. The highest BCUT2D eigenvalue weighted by atomic mass is 16.2. The number of aromatic nitrogens is 3. The van der Waals surface area contributed by atoms with E-state index in [2.05, 4.69) is 20.3 Å². The van der Waals surface area contributed by atoms with Crippen LogP contribution in [0.25, 0.3) is 0 Å². The molecule has 0 saturated carbocycles. The van der Waals surface area contributed by atoms with Crippen molar-refractivity contribution in [3.63, 3.8) is 0 Å². The highest BCUT2D eigenvalue weighted by Gasteiger charge is 2.21. The molecular formula is C16H20N4O2. The summed E-state index contributed by atoms with van der Waals surface area (Å²) in [5, 5.41) is 2.94. The fraction of sp³-hybridized carbons (Fsp3) is 0.375. The number of carbonyl (C=O) groups is 2. The first-order chi connectivity index (χ1) is 10.4. The van der Waals surface area contributed by atoms with Gasteiger partial charge in [0.2, 0.25) is 0 Å². The van der Waals surface area contributed by atoms with Crippen molar-refractivity contribution >= 4 is 11.7 Å². The van der Waals surface area contributed by atoms with E-state index in [0.29, 0.717) is 28.9 Å². The van der Waals surface area contributed by atoms with Gasteiger partial charge in [-0.1, -0.05) is 0 Å². The zero-order chi connectivity index (χ0) is 16.3. The van der Waals surface area contributed by atoms with Gasteiger partial charge in [0.1, 0.15) is 0 Å². The van der Waals surface area contributed by atoms with E-state index in [4.69, 9.17) is 0 Å². The molecule has 0 saturated heterocycles. The summed E-state index contributed by atoms with van der Waals surface area (Å²) in [5.74, 6) is -0.262. The van der Waals surface area contributed by atoms with Crippen molar-refractivity contribution in [1.29, 1.82) is 0 Å². The van der Waals surface area contributed by atoms with Crippen LogP contribution in [-0.4, -0.2) is 32.7 Å². The van der Waals surface area contributed by atoms with Gasteiger partial charge in [-0.3, -0.25) is 19.6 Å². The number of H-pyrrole nitrogens is 1. The second-order valence-corrected chi connectivity index (χ2v) is 5.46. The fourth-order valence-electron chi connectivity index (χ4n) is 2.54. The van der Waals surface area contributed by atoms with Crippen LogP contribution in [0.1, 0.15) is 51.6 Å². The number of nitrogens with one attached hydrogen (secondary N) is 2. The van der Waals surface area contributed by atoms with Crippen molar-refractivity contribution in [2.45, 2.75) is 40.2 Å². The summed E-state index contributed by atoms with van der Waals surface area (Å²) in [7, 11) is 0. The van der Waals surface area contributed by atoms with Crippen LogP contribution < -0.4 is 5.32 Å². The lowest BCUT2D eigenvalue weighted by Gasteiger charge is -2.13. The molecule has 6 nitrogen and oxygen atoms in total. The van der Waals surface area contributed by atoms with E-state index in [1.165, 1.54) is 6.92 Å². The number of ketones is 1. The zero-order valence-electron chi connectivity index (χ0n) is 13.2. The molecule has 1 atom stereocenters. The number of nitrogens with zero attached hydrogens (tertiary/aromatic N) is 2. The van der Waals surface area contributed by atoms with Crippen LogP contribution in [0.2, 0.25) is 0 Å². The van der Waals surface area contributed by atoms with Gasteiger partial charge in [0.15, 0.2) is 5.78 Å². The first kappa shape index (κ1) is 15.9. The Morgan fingerprint density at radius 1 is 1.32 bits per heavy atom. The van der Waals surface area contributed by atoms with Crippen molar-refractivity contribution in [3.05, 3.63) is 46.8 Å². The van der Waals surface area contributed by atoms with Crippen molar-refractivity contribution < 1.29 is 9.59 Å². The quantitative estimate of drug-likeness (QED) is 0.827. The molecule has 0 aliphatic heterocycles. The molecule has 2 N–H and O–H groups in total. The normalized spacial score (nSPS) is 12.0. The lowest BCUT2D eigenvalue weighted by Crippen LogP contribution is -2.34. The molecule has 1 unspecified atom stereocenters. The lowest BCUT2D eigenvalue weighted by molar-refractivity contribution is 0.0938. The maximum atomic E-state index is 12.4. The molecule has 22 heavy (non-hydrogen) atoms. The minimum Gasteiger partial charge on any atom is -0.355 e. The zero-order valence-corrected chi connectivity index (χ0v) is 13.2. The van der Waals surface area contributed by atoms with Crippen molar-refractivity contribution in [3.8, 4) is 0 Å². The molecule has 1 amide bonds. The van der Waals surface area contributed by atoms with Gasteiger partial charge >= 0.3 is 0 Å². The van der Waals surface area contributed by atoms with Crippen molar-refractivity contribution in [2.75, 3.05) is 0 Å². The predicted octanol–water partition coefficient (Wildman–Crippen LogP) is 1.99. The predicted molar refractivity (Wildman–Crippen MR) is 82.9 cm³/mol. The molecule has 2 heterocycles. The summed E-state index contributed by atoms with van der Waals surface area (Å²) in [6.45, 7) is 6.97. The summed E-state index contributed by atoms with van der Waals surface area (Å²) in [6.07, 6.45) is 5.52. The van der Waals surface area contributed by atoms with E-state index in [1.807, 2.05) is 6.92 Å². The number of hydrogen-bond acceptors (Lipinski definition) is 4. The van der Waals surface area contributed by atoms with Gasteiger partial charge in [-0.2, -0.15) is 0 Å². The maximum Gasteiger partial charge on any atom is 0.253 e. The first-order valence-corrected chi connectivity index (χ1v) is 7.16. The molecule has 2 aromatic heterocycles. The Hall–Kier alpha value is -2.50. The Bertz CT molecular complexity index is 692. The number of carbonyl (C=O) groups excluding carboxylic acids is 2. The Labute approximate surface area is 129 Å². The van der Waals surface area contributed by atoms with Gasteiger partial charge in [0.05, 0.1) is 17.0 Å². The molecule has 0 bridgehead atoms. The Morgan fingerprint density at radius 2 is 2.05 bits per heavy atom. The Morgan fingerprint density at radius 3 is 2.59 bits per heavy atom. The van der Waals surface area contributed by atoms with Crippen LogP contribution in [-0.2, 0) is 6.42 Å². The Kier molecular flexibility index (Phi) is 4.70. The largest absolute Gasteiger partial charge is 0.355 e. The monoisotopic (exact) mass is 300 g/mol. The molecule has 6 heteroatoms. The second kappa shape index (κ2) is 6.51. The maximum absolute atomic E-state index is 12.4. The molecular weight excluding hydrogens is 280 g/mol. The van der Waals surface area contributed by atoms with E-state index < -0.39 is 0 Å². The minimum atomic E-state index is -0.185. The van der Waals surface area contributed by atoms with Crippen LogP contribution in [0.15, 0.2) is 18.6 Å². The number of hydrogen-bond donors (Lipinski definition) is 2. The number of amides is 1. The van der Waals surface area contributed by atoms with Crippen LogP contribution in [0.3, 0.4) is 0 Å². The number of aromatic amines is 1. The first-order valence-electron chi connectivity index (χ1n) is 7.16. The molecule has 2 rings (SSSR count). The van der Waals surface area contributed by atoms with Gasteiger partial charge in [-0.05, 0) is 26.3 Å². The molecule has 0 aliphatic carbocycles.